The highest BCUT2D eigenvalue weighted by Gasteiger charge is 2.33. The van der Waals surface area contributed by atoms with Gasteiger partial charge in [0.05, 0.1) is 22.8 Å². The van der Waals surface area contributed by atoms with Crippen molar-refractivity contribution in [3.63, 3.8) is 0 Å². The molecule has 9 heteroatoms. The molecule has 1 amide bonds. The van der Waals surface area contributed by atoms with Gasteiger partial charge in [-0.3, -0.25) is 4.79 Å². The number of nitriles is 1. The number of imidazole rings is 1. The summed E-state index contributed by atoms with van der Waals surface area (Å²) in [6, 6.07) is 15.9. The van der Waals surface area contributed by atoms with E-state index in [0.717, 1.165) is 11.3 Å². The van der Waals surface area contributed by atoms with Gasteiger partial charge in [-0.15, -0.1) is 0 Å². The Bertz CT molecular complexity index is 1260. The zero-order valence-electron chi connectivity index (χ0n) is 18.3. The normalized spacial score (nSPS) is 16.1. The average molecular weight is 464 g/mol. The van der Waals surface area contributed by atoms with Crippen LogP contribution in [0.2, 0.25) is 0 Å². The summed E-state index contributed by atoms with van der Waals surface area (Å²) in [5, 5.41) is 12.3. The Morgan fingerprint density at radius 1 is 1.15 bits per heavy atom. The second-order valence-corrected chi connectivity index (χ2v) is 9.98. The van der Waals surface area contributed by atoms with Crippen molar-refractivity contribution in [3.05, 3.63) is 78.4 Å². The van der Waals surface area contributed by atoms with Gasteiger partial charge in [0.1, 0.15) is 6.07 Å². The van der Waals surface area contributed by atoms with Crippen LogP contribution in [0, 0.1) is 17.2 Å². The maximum atomic E-state index is 13.0. The molecule has 0 radical (unpaired) electrons. The molecule has 1 atom stereocenters. The number of aromatic nitrogens is 2. The Labute approximate surface area is 193 Å². The predicted molar refractivity (Wildman–Crippen MR) is 123 cm³/mol. The summed E-state index contributed by atoms with van der Waals surface area (Å²) in [4.78, 5) is 16.9. The van der Waals surface area contributed by atoms with Crippen LogP contribution in [0.4, 0.5) is 0 Å². The third-order valence-corrected chi connectivity index (χ3v) is 7.96. The van der Waals surface area contributed by atoms with Crippen LogP contribution in [0.5, 0.6) is 0 Å². The van der Waals surface area contributed by atoms with E-state index in [4.69, 9.17) is 0 Å². The van der Waals surface area contributed by atoms with Crippen LogP contribution in [0.15, 0.2) is 72.1 Å². The Balaban J connectivity index is 1.35. The number of carbonyl (C=O) groups is 1. The van der Waals surface area contributed by atoms with E-state index in [9.17, 15) is 18.5 Å². The Kier molecular flexibility index (Phi) is 6.58. The third-order valence-electron chi connectivity index (χ3n) is 6.00. The molecular formula is C24H25N5O3S. The van der Waals surface area contributed by atoms with Crippen molar-refractivity contribution in [1.29, 1.82) is 5.26 Å². The van der Waals surface area contributed by atoms with Gasteiger partial charge < -0.3 is 9.88 Å². The standard InChI is InChI=1S/C24H25N5O3S/c1-18(19-6-8-22(9-7-19)28-15-12-26-17-28)27-24(30)20-10-13-29(14-11-20)33(31,32)23-5-3-2-4-21(23)16-25/h2-9,12,15,17-18,20H,10-11,13-14H2,1H3,(H,27,30). The minimum Gasteiger partial charge on any atom is -0.349 e. The van der Waals surface area contributed by atoms with Crippen LogP contribution in [0.3, 0.4) is 0 Å². The monoisotopic (exact) mass is 463 g/mol. The van der Waals surface area contributed by atoms with Crippen LogP contribution >= 0.6 is 0 Å². The van der Waals surface area contributed by atoms with Crippen molar-refractivity contribution in [2.45, 2.75) is 30.7 Å². The average Bonchev–Trinajstić information content (AvgIpc) is 3.39. The quantitative estimate of drug-likeness (QED) is 0.605. The highest BCUT2D eigenvalue weighted by Crippen LogP contribution is 2.26. The molecule has 0 saturated carbocycles. The van der Waals surface area contributed by atoms with Crippen molar-refractivity contribution in [3.8, 4) is 11.8 Å². The summed E-state index contributed by atoms with van der Waals surface area (Å²) >= 11 is 0. The molecular weight excluding hydrogens is 438 g/mol. The molecule has 1 unspecified atom stereocenters. The molecule has 170 valence electrons. The van der Waals surface area contributed by atoms with Gasteiger partial charge in [0, 0.05) is 37.1 Å². The first kappa shape index (κ1) is 22.7. The highest BCUT2D eigenvalue weighted by atomic mass is 32.2. The third kappa shape index (κ3) is 4.82. The van der Waals surface area contributed by atoms with Gasteiger partial charge in [0.25, 0.3) is 0 Å². The zero-order chi connectivity index (χ0) is 23.4. The number of rotatable bonds is 6. The summed E-state index contributed by atoms with van der Waals surface area (Å²) < 4.78 is 29.2. The van der Waals surface area contributed by atoms with Gasteiger partial charge in [-0.2, -0.15) is 9.57 Å². The first-order valence-electron chi connectivity index (χ1n) is 10.8. The number of nitrogens with one attached hydrogen (secondary N) is 1. The van der Waals surface area contributed by atoms with E-state index in [0.29, 0.717) is 12.8 Å². The van der Waals surface area contributed by atoms with Crippen LogP contribution in [-0.2, 0) is 14.8 Å². The predicted octanol–water partition coefficient (Wildman–Crippen LogP) is 3.02. The molecule has 1 N–H and O–H groups in total. The number of sulfonamides is 1. The van der Waals surface area contributed by atoms with Gasteiger partial charge in [0.2, 0.25) is 15.9 Å². The van der Waals surface area contributed by atoms with Crippen molar-refractivity contribution >= 4 is 15.9 Å². The van der Waals surface area contributed by atoms with Crippen LogP contribution in [0.25, 0.3) is 5.69 Å². The molecule has 4 rings (SSSR count). The van der Waals surface area contributed by atoms with Crippen molar-refractivity contribution in [2.24, 2.45) is 5.92 Å². The molecule has 0 aliphatic carbocycles. The van der Waals surface area contributed by atoms with E-state index in [1.165, 1.54) is 16.4 Å². The van der Waals surface area contributed by atoms with Gasteiger partial charge in [-0.05, 0) is 49.6 Å². The minimum atomic E-state index is -3.77. The van der Waals surface area contributed by atoms with E-state index >= 15 is 0 Å². The van der Waals surface area contributed by atoms with Gasteiger partial charge in [-0.25, -0.2) is 13.4 Å². The molecule has 2 heterocycles. The highest BCUT2D eigenvalue weighted by molar-refractivity contribution is 7.89. The van der Waals surface area contributed by atoms with E-state index in [-0.39, 0.29) is 41.4 Å². The lowest BCUT2D eigenvalue weighted by atomic mass is 9.96. The fraction of sp³-hybridized carbons (Fsp3) is 0.292. The number of carbonyl (C=O) groups excluding carboxylic acids is 1. The fourth-order valence-electron chi connectivity index (χ4n) is 4.04. The molecule has 0 bridgehead atoms. The lowest BCUT2D eigenvalue weighted by Crippen LogP contribution is -2.43. The van der Waals surface area contributed by atoms with Crippen LogP contribution in [0.1, 0.15) is 36.9 Å². The SMILES string of the molecule is CC(NC(=O)C1CCN(S(=O)(=O)c2ccccc2C#N)CC1)c1ccc(-n2ccnc2)cc1. The lowest BCUT2D eigenvalue weighted by Gasteiger charge is -2.31. The summed E-state index contributed by atoms with van der Waals surface area (Å²) in [6.45, 7) is 2.42. The molecule has 8 nitrogen and oxygen atoms in total. The summed E-state index contributed by atoms with van der Waals surface area (Å²) in [5.41, 5.74) is 2.10. The topological polar surface area (TPSA) is 108 Å². The number of piperidine rings is 1. The summed E-state index contributed by atoms with van der Waals surface area (Å²) in [5.74, 6) is -0.328. The smallest absolute Gasteiger partial charge is 0.244 e. The number of hydrogen-bond acceptors (Lipinski definition) is 5. The van der Waals surface area contributed by atoms with Crippen molar-refractivity contribution < 1.29 is 13.2 Å². The summed E-state index contributed by atoms with van der Waals surface area (Å²) in [7, 11) is -3.77. The maximum Gasteiger partial charge on any atom is 0.244 e. The Morgan fingerprint density at radius 3 is 2.48 bits per heavy atom. The van der Waals surface area contributed by atoms with E-state index in [1.807, 2.05) is 48.0 Å². The van der Waals surface area contributed by atoms with Gasteiger partial charge in [0.15, 0.2) is 0 Å². The molecule has 2 aromatic carbocycles. The van der Waals surface area contributed by atoms with Crippen molar-refractivity contribution in [1.82, 2.24) is 19.2 Å². The first-order valence-corrected chi connectivity index (χ1v) is 12.2. The number of benzene rings is 2. The van der Waals surface area contributed by atoms with Gasteiger partial charge >= 0.3 is 0 Å². The minimum absolute atomic E-state index is 0.0168. The molecule has 0 spiro atoms. The number of nitrogens with zero attached hydrogens (tertiary/aromatic N) is 4. The number of amides is 1. The molecule has 3 aromatic rings. The van der Waals surface area contributed by atoms with Crippen LogP contribution < -0.4 is 5.32 Å². The Morgan fingerprint density at radius 2 is 1.85 bits per heavy atom. The van der Waals surface area contributed by atoms with E-state index in [2.05, 4.69) is 10.3 Å². The molecule has 1 saturated heterocycles. The summed E-state index contributed by atoms with van der Waals surface area (Å²) in [6.07, 6.45) is 6.19. The second kappa shape index (κ2) is 9.57. The largest absolute Gasteiger partial charge is 0.349 e. The first-order chi connectivity index (χ1) is 15.9. The van der Waals surface area contributed by atoms with Crippen LogP contribution in [-0.4, -0.2) is 41.3 Å². The molecule has 1 aliphatic rings. The van der Waals surface area contributed by atoms with Gasteiger partial charge in [-0.1, -0.05) is 24.3 Å². The maximum absolute atomic E-state index is 13.0. The zero-order valence-corrected chi connectivity index (χ0v) is 19.1. The number of hydrogen-bond donors (Lipinski definition) is 1. The molecule has 33 heavy (non-hydrogen) atoms. The van der Waals surface area contributed by atoms with E-state index < -0.39 is 10.0 Å². The second-order valence-electron chi connectivity index (χ2n) is 8.08. The Hall–Kier alpha value is -3.48. The fourth-order valence-corrected chi connectivity index (χ4v) is 5.65. The molecule has 1 aliphatic heterocycles. The lowest BCUT2D eigenvalue weighted by molar-refractivity contribution is -0.126. The molecule has 1 aromatic heterocycles. The van der Waals surface area contributed by atoms with E-state index in [1.54, 1.807) is 24.7 Å². The molecule has 1 fully saturated rings. The van der Waals surface area contributed by atoms with Crippen molar-refractivity contribution in [2.75, 3.05) is 13.1 Å².